The Morgan fingerprint density at radius 1 is 1.23 bits per heavy atom. The Bertz CT molecular complexity index is 806. The molecule has 1 aliphatic heterocycles. The second kappa shape index (κ2) is 7.99. The molecule has 0 unspecified atom stereocenters. The van der Waals surface area contributed by atoms with E-state index in [0.29, 0.717) is 13.2 Å². The predicted octanol–water partition coefficient (Wildman–Crippen LogP) is 3.01. The average Bonchev–Trinajstić information content (AvgIpc) is 2.67. The van der Waals surface area contributed by atoms with Crippen LogP contribution in [-0.2, 0) is 16.0 Å². The number of hydrogen-bond donors (Lipinski definition) is 0. The molecule has 1 aromatic carbocycles. The van der Waals surface area contributed by atoms with Gasteiger partial charge in [-0.05, 0) is 50.5 Å². The summed E-state index contributed by atoms with van der Waals surface area (Å²) in [4.78, 5) is 31.1. The van der Waals surface area contributed by atoms with E-state index in [-0.39, 0.29) is 17.4 Å². The molecule has 0 bridgehead atoms. The van der Waals surface area contributed by atoms with E-state index in [0.717, 1.165) is 24.1 Å². The molecule has 0 spiro atoms. The maximum absolute atomic E-state index is 12.8. The van der Waals surface area contributed by atoms with Crippen molar-refractivity contribution in [3.63, 3.8) is 0 Å². The van der Waals surface area contributed by atoms with E-state index in [4.69, 9.17) is 9.47 Å². The fourth-order valence-electron chi connectivity index (χ4n) is 3.05. The highest BCUT2D eigenvalue weighted by Gasteiger charge is 2.29. The standard InChI is InChI=1S/C20H22N2O4/c1-3-25-18-16(10-6-12-21-18)20(24)26-14(2)19(23)22-13-7-9-15-8-4-5-11-17(15)22/h4-6,8,10-12,14H,3,7,9,13H2,1-2H3/t14-/m1/s1. The summed E-state index contributed by atoms with van der Waals surface area (Å²) in [6.07, 6.45) is 2.48. The first-order valence-electron chi connectivity index (χ1n) is 8.80. The smallest absolute Gasteiger partial charge is 0.344 e. The van der Waals surface area contributed by atoms with Gasteiger partial charge in [-0.15, -0.1) is 0 Å². The molecule has 3 rings (SSSR count). The summed E-state index contributed by atoms with van der Waals surface area (Å²) in [5, 5.41) is 0. The quantitative estimate of drug-likeness (QED) is 0.772. The maximum atomic E-state index is 12.8. The molecule has 0 saturated heterocycles. The van der Waals surface area contributed by atoms with Crippen molar-refractivity contribution >= 4 is 17.6 Å². The molecule has 6 heteroatoms. The molecule has 6 nitrogen and oxygen atoms in total. The van der Waals surface area contributed by atoms with Gasteiger partial charge in [0.25, 0.3) is 5.91 Å². The van der Waals surface area contributed by atoms with E-state index in [2.05, 4.69) is 4.98 Å². The Morgan fingerprint density at radius 2 is 2.04 bits per heavy atom. The summed E-state index contributed by atoms with van der Waals surface area (Å²) in [5.41, 5.74) is 2.24. The third-order valence-corrected chi connectivity index (χ3v) is 4.28. The van der Waals surface area contributed by atoms with E-state index >= 15 is 0 Å². The fraction of sp³-hybridized carbons (Fsp3) is 0.350. The summed E-state index contributed by atoms with van der Waals surface area (Å²) < 4.78 is 10.8. The van der Waals surface area contributed by atoms with Gasteiger partial charge >= 0.3 is 5.97 Å². The summed E-state index contributed by atoms with van der Waals surface area (Å²) in [6.45, 7) is 4.41. The van der Waals surface area contributed by atoms with Gasteiger partial charge in [-0.2, -0.15) is 0 Å². The number of benzene rings is 1. The topological polar surface area (TPSA) is 68.7 Å². The molecule has 0 saturated carbocycles. The highest BCUT2D eigenvalue weighted by atomic mass is 16.6. The van der Waals surface area contributed by atoms with Gasteiger partial charge in [0.05, 0.1) is 6.61 Å². The second-order valence-electron chi connectivity index (χ2n) is 6.06. The first-order chi connectivity index (χ1) is 12.6. The van der Waals surface area contributed by atoms with Crippen molar-refractivity contribution in [3.8, 4) is 5.88 Å². The minimum absolute atomic E-state index is 0.211. The predicted molar refractivity (Wildman–Crippen MR) is 97.4 cm³/mol. The molecule has 1 aromatic heterocycles. The van der Waals surface area contributed by atoms with Gasteiger partial charge in [-0.25, -0.2) is 9.78 Å². The highest BCUT2D eigenvalue weighted by molar-refractivity contribution is 6.00. The van der Waals surface area contributed by atoms with Gasteiger partial charge in [0.1, 0.15) is 5.56 Å². The largest absolute Gasteiger partial charge is 0.477 e. The number of pyridine rings is 1. The first-order valence-corrected chi connectivity index (χ1v) is 8.80. The Morgan fingerprint density at radius 3 is 2.85 bits per heavy atom. The number of aromatic nitrogens is 1. The lowest BCUT2D eigenvalue weighted by molar-refractivity contribution is -0.126. The third kappa shape index (κ3) is 3.69. The average molecular weight is 354 g/mol. The SMILES string of the molecule is CCOc1ncccc1C(=O)O[C@H](C)C(=O)N1CCCc2ccccc21. The molecule has 1 atom stereocenters. The van der Waals surface area contributed by atoms with E-state index in [1.165, 1.54) is 0 Å². The van der Waals surface area contributed by atoms with Crippen LogP contribution in [0, 0.1) is 0 Å². The van der Waals surface area contributed by atoms with Gasteiger partial charge in [0.2, 0.25) is 5.88 Å². The van der Waals surface area contributed by atoms with Crippen LogP contribution >= 0.6 is 0 Å². The minimum Gasteiger partial charge on any atom is -0.477 e. The van der Waals surface area contributed by atoms with Crippen molar-refractivity contribution in [2.24, 2.45) is 0 Å². The lowest BCUT2D eigenvalue weighted by atomic mass is 10.0. The van der Waals surface area contributed by atoms with Crippen LogP contribution in [0.25, 0.3) is 0 Å². The normalized spacial score (nSPS) is 14.3. The van der Waals surface area contributed by atoms with Crippen molar-refractivity contribution in [2.75, 3.05) is 18.1 Å². The number of amides is 1. The van der Waals surface area contributed by atoms with Gasteiger partial charge in [0, 0.05) is 18.4 Å². The number of anilines is 1. The Kier molecular flexibility index (Phi) is 5.51. The van der Waals surface area contributed by atoms with Crippen LogP contribution in [-0.4, -0.2) is 36.1 Å². The maximum Gasteiger partial charge on any atom is 0.344 e. The molecule has 26 heavy (non-hydrogen) atoms. The van der Waals surface area contributed by atoms with Gasteiger partial charge in [-0.3, -0.25) is 4.79 Å². The molecule has 0 radical (unpaired) electrons. The Hall–Kier alpha value is -2.89. The molecule has 2 aromatic rings. The molecule has 0 N–H and O–H groups in total. The van der Waals surface area contributed by atoms with Crippen LogP contribution in [0.1, 0.15) is 36.2 Å². The number of rotatable bonds is 5. The zero-order valence-corrected chi connectivity index (χ0v) is 15.0. The van der Waals surface area contributed by atoms with Gasteiger partial charge < -0.3 is 14.4 Å². The van der Waals surface area contributed by atoms with Crippen LogP contribution < -0.4 is 9.64 Å². The zero-order chi connectivity index (χ0) is 18.5. The molecule has 0 fully saturated rings. The molecule has 2 heterocycles. The summed E-state index contributed by atoms with van der Waals surface area (Å²) >= 11 is 0. The number of aryl methyl sites for hydroxylation is 1. The van der Waals surface area contributed by atoms with Crippen molar-refractivity contribution in [2.45, 2.75) is 32.8 Å². The van der Waals surface area contributed by atoms with E-state index in [9.17, 15) is 9.59 Å². The number of fused-ring (bicyclic) bond motifs is 1. The highest BCUT2D eigenvalue weighted by Crippen LogP contribution is 2.27. The molecular formula is C20H22N2O4. The second-order valence-corrected chi connectivity index (χ2v) is 6.06. The number of esters is 1. The van der Waals surface area contributed by atoms with E-state index < -0.39 is 12.1 Å². The Labute approximate surface area is 152 Å². The van der Waals surface area contributed by atoms with E-state index in [1.54, 1.807) is 30.2 Å². The molecule has 0 aliphatic carbocycles. The van der Waals surface area contributed by atoms with E-state index in [1.807, 2.05) is 31.2 Å². The minimum atomic E-state index is -0.900. The fourth-order valence-corrected chi connectivity index (χ4v) is 3.05. The number of para-hydroxylation sites is 1. The third-order valence-electron chi connectivity index (χ3n) is 4.28. The summed E-state index contributed by atoms with van der Waals surface area (Å²) in [6, 6.07) is 11.0. The van der Waals surface area contributed by atoms with Gasteiger partial charge in [0.15, 0.2) is 6.10 Å². The monoisotopic (exact) mass is 354 g/mol. The lowest BCUT2D eigenvalue weighted by Crippen LogP contribution is -2.42. The number of carbonyl (C=O) groups is 2. The van der Waals surface area contributed by atoms with Crippen molar-refractivity contribution < 1.29 is 19.1 Å². The van der Waals surface area contributed by atoms with Crippen LogP contribution in [0.2, 0.25) is 0 Å². The van der Waals surface area contributed by atoms with Crippen LogP contribution in [0.3, 0.4) is 0 Å². The first kappa shape index (κ1) is 17.9. The number of nitrogens with zero attached hydrogens (tertiary/aromatic N) is 2. The van der Waals surface area contributed by atoms with Crippen LogP contribution in [0.15, 0.2) is 42.6 Å². The Balaban J connectivity index is 1.73. The number of ether oxygens (including phenoxy) is 2. The summed E-state index contributed by atoms with van der Waals surface area (Å²) in [7, 11) is 0. The molecule has 136 valence electrons. The molecular weight excluding hydrogens is 332 g/mol. The zero-order valence-electron chi connectivity index (χ0n) is 15.0. The number of hydrogen-bond acceptors (Lipinski definition) is 5. The summed E-state index contributed by atoms with van der Waals surface area (Å²) in [5.74, 6) is -0.636. The molecule has 1 aliphatic rings. The van der Waals surface area contributed by atoms with Crippen LogP contribution in [0.4, 0.5) is 5.69 Å². The van der Waals surface area contributed by atoms with Gasteiger partial charge in [-0.1, -0.05) is 18.2 Å². The van der Waals surface area contributed by atoms with Crippen LogP contribution in [0.5, 0.6) is 5.88 Å². The number of carbonyl (C=O) groups excluding carboxylic acids is 2. The lowest BCUT2D eigenvalue weighted by Gasteiger charge is -2.31. The van der Waals surface area contributed by atoms with Crippen molar-refractivity contribution in [1.82, 2.24) is 4.98 Å². The van der Waals surface area contributed by atoms with Crippen molar-refractivity contribution in [1.29, 1.82) is 0 Å². The van der Waals surface area contributed by atoms with Crippen molar-refractivity contribution in [3.05, 3.63) is 53.7 Å². The molecule has 1 amide bonds.